The molecule has 0 bridgehead atoms. The van der Waals surface area contributed by atoms with E-state index in [-0.39, 0.29) is 5.82 Å². The maximum Gasteiger partial charge on any atom is 0.191 e. The monoisotopic (exact) mass is 309 g/mol. The maximum absolute atomic E-state index is 13.1. The van der Waals surface area contributed by atoms with Crippen molar-refractivity contribution in [3.05, 3.63) is 35.6 Å². The third-order valence-corrected chi connectivity index (χ3v) is 2.86. The van der Waals surface area contributed by atoms with Crippen molar-refractivity contribution in [2.24, 2.45) is 10.9 Å². The Hall–Kier alpha value is -1.62. The molecular formula is C17H28FN3O. The van der Waals surface area contributed by atoms with Crippen LogP contribution in [0.4, 0.5) is 4.39 Å². The standard InChI is InChI=1S/C17H28FN3O/c1-4-19-17(20-9-6-10-22-13-14(2)3)21-12-15-7-5-8-16(18)11-15/h5,7-8,11,14H,4,6,9-10,12-13H2,1-3H3,(H2,19,20,21). The summed E-state index contributed by atoms with van der Waals surface area (Å²) < 4.78 is 18.7. The Morgan fingerprint density at radius 3 is 2.82 bits per heavy atom. The second-order valence-electron chi connectivity index (χ2n) is 5.57. The molecule has 0 aliphatic rings. The van der Waals surface area contributed by atoms with E-state index in [9.17, 15) is 4.39 Å². The number of halogens is 1. The first-order valence-electron chi connectivity index (χ1n) is 7.96. The highest BCUT2D eigenvalue weighted by Gasteiger charge is 1.99. The average Bonchev–Trinajstić information content (AvgIpc) is 2.48. The van der Waals surface area contributed by atoms with Crippen LogP contribution in [-0.2, 0) is 11.3 Å². The maximum atomic E-state index is 13.1. The predicted molar refractivity (Wildman–Crippen MR) is 89.5 cm³/mol. The van der Waals surface area contributed by atoms with Gasteiger partial charge in [0.05, 0.1) is 6.54 Å². The van der Waals surface area contributed by atoms with E-state index >= 15 is 0 Å². The van der Waals surface area contributed by atoms with Gasteiger partial charge in [-0.15, -0.1) is 0 Å². The lowest BCUT2D eigenvalue weighted by Gasteiger charge is -2.12. The Morgan fingerprint density at radius 2 is 2.14 bits per heavy atom. The molecule has 4 nitrogen and oxygen atoms in total. The molecule has 124 valence electrons. The van der Waals surface area contributed by atoms with E-state index < -0.39 is 0 Å². The molecule has 2 N–H and O–H groups in total. The molecule has 0 atom stereocenters. The van der Waals surface area contributed by atoms with Gasteiger partial charge < -0.3 is 15.4 Å². The molecule has 1 rings (SSSR count). The fraction of sp³-hybridized carbons (Fsp3) is 0.588. The fourth-order valence-electron chi connectivity index (χ4n) is 1.85. The molecule has 0 aliphatic heterocycles. The van der Waals surface area contributed by atoms with Gasteiger partial charge in [0.2, 0.25) is 0 Å². The van der Waals surface area contributed by atoms with Gasteiger partial charge in [-0.1, -0.05) is 26.0 Å². The highest BCUT2D eigenvalue weighted by atomic mass is 19.1. The summed E-state index contributed by atoms with van der Waals surface area (Å²) in [5.41, 5.74) is 0.859. The molecule has 0 aliphatic carbocycles. The fourth-order valence-corrected chi connectivity index (χ4v) is 1.85. The molecule has 0 saturated carbocycles. The summed E-state index contributed by atoms with van der Waals surface area (Å²) >= 11 is 0. The quantitative estimate of drug-likeness (QED) is 0.419. The summed E-state index contributed by atoms with van der Waals surface area (Å²) in [6.07, 6.45) is 0.928. The third kappa shape index (κ3) is 8.62. The Kier molecular flexibility index (Phi) is 9.23. The Labute approximate surface area is 133 Å². The highest BCUT2D eigenvalue weighted by molar-refractivity contribution is 5.79. The molecule has 0 aromatic heterocycles. The SMILES string of the molecule is CCNC(=NCc1cccc(F)c1)NCCCOCC(C)C. The lowest BCUT2D eigenvalue weighted by molar-refractivity contribution is 0.108. The number of hydrogen-bond donors (Lipinski definition) is 2. The summed E-state index contributed by atoms with van der Waals surface area (Å²) in [6.45, 7) is 9.89. The van der Waals surface area contributed by atoms with Crippen molar-refractivity contribution in [3.8, 4) is 0 Å². The van der Waals surface area contributed by atoms with Crippen LogP contribution < -0.4 is 10.6 Å². The first-order valence-corrected chi connectivity index (χ1v) is 7.96. The van der Waals surface area contributed by atoms with E-state index in [2.05, 4.69) is 29.5 Å². The van der Waals surface area contributed by atoms with Gasteiger partial charge >= 0.3 is 0 Å². The van der Waals surface area contributed by atoms with Crippen LogP contribution in [-0.4, -0.2) is 32.3 Å². The van der Waals surface area contributed by atoms with Crippen molar-refractivity contribution in [1.29, 1.82) is 0 Å². The van der Waals surface area contributed by atoms with Crippen molar-refractivity contribution in [3.63, 3.8) is 0 Å². The van der Waals surface area contributed by atoms with Crippen LogP contribution in [0.2, 0.25) is 0 Å². The zero-order chi connectivity index (χ0) is 16.2. The lowest BCUT2D eigenvalue weighted by Crippen LogP contribution is -2.38. The molecule has 1 aromatic carbocycles. The van der Waals surface area contributed by atoms with Crippen LogP contribution >= 0.6 is 0 Å². The van der Waals surface area contributed by atoms with Crippen LogP contribution in [0.1, 0.15) is 32.8 Å². The van der Waals surface area contributed by atoms with E-state index in [1.54, 1.807) is 6.07 Å². The molecule has 0 unspecified atom stereocenters. The lowest BCUT2D eigenvalue weighted by atomic mass is 10.2. The first-order chi connectivity index (χ1) is 10.6. The molecule has 0 radical (unpaired) electrons. The smallest absolute Gasteiger partial charge is 0.191 e. The zero-order valence-corrected chi connectivity index (χ0v) is 13.9. The topological polar surface area (TPSA) is 45.7 Å². The number of hydrogen-bond acceptors (Lipinski definition) is 2. The number of ether oxygens (including phenoxy) is 1. The molecule has 0 amide bonds. The van der Waals surface area contributed by atoms with Crippen LogP contribution in [0.15, 0.2) is 29.3 Å². The minimum absolute atomic E-state index is 0.229. The van der Waals surface area contributed by atoms with Crippen molar-refractivity contribution in [1.82, 2.24) is 10.6 Å². The van der Waals surface area contributed by atoms with Crippen LogP contribution in [0.5, 0.6) is 0 Å². The number of nitrogens with one attached hydrogen (secondary N) is 2. The minimum atomic E-state index is -0.229. The van der Waals surface area contributed by atoms with Gasteiger partial charge in [-0.25, -0.2) is 9.38 Å². The summed E-state index contributed by atoms with van der Waals surface area (Å²) in [5.74, 6) is 1.08. The van der Waals surface area contributed by atoms with E-state index in [4.69, 9.17) is 4.74 Å². The Balaban J connectivity index is 2.33. The second kappa shape index (κ2) is 11.0. The summed E-state index contributed by atoms with van der Waals surface area (Å²) in [4.78, 5) is 4.46. The van der Waals surface area contributed by atoms with Crippen molar-refractivity contribution in [2.75, 3.05) is 26.3 Å². The van der Waals surface area contributed by atoms with Crippen molar-refractivity contribution >= 4 is 5.96 Å². The predicted octanol–water partition coefficient (Wildman–Crippen LogP) is 2.94. The molecule has 5 heteroatoms. The first kappa shape index (κ1) is 18.4. The van der Waals surface area contributed by atoms with Crippen molar-refractivity contribution in [2.45, 2.75) is 33.7 Å². The van der Waals surface area contributed by atoms with Gasteiger partial charge in [0.25, 0.3) is 0 Å². The van der Waals surface area contributed by atoms with Gasteiger partial charge in [0.15, 0.2) is 5.96 Å². The van der Waals surface area contributed by atoms with Gasteiger partial charge in [0, 0.05) is 26.3 Å². The number of aliphatic imine (C=N–C) groups is 1. The summed E-state index contributed by atoms with van der Waals surface area (Å²) in [6, 6.07) is 6.52. The summed E-state index contributed by atoms with van der Waals surface area (Å²) in [5, 5.41) is 6.44. The number of benzene rings is 1. The Bertz CT molecular complexity index is 449. The average molecular weight is 309 g/mol. The third-order valence-electron chi connectivity index (χ3n) is 2.86. The number of nitrogens with zero attached hydrogens (tertiary/aromatic N) is 1. The van der Waals surface area contributed by atoms with Gasteiger partial charge in [-0.2, -0.15) is 0 Å². The molecule has 0 spiro atoms. The van der Waals surface area contributed by atoms with E-state index in [1.165, 1.54) is 12.1 Å². The Morgan fingerprint density at radius 1 is 1.32 bits per heavy atom. The van der Waals surface area contributed by atoms with E-state index in [0.717, 1.165) is 44.2 Å². The highest BCUT2D eigenvalue weighted by Crippen LogP contribution is 2.04. The molecule has 22 heavy (non-hydrogen) atoms. The van der Waals surface area contributed by atoms with Gasteiger partial charge in [-0.3, -0.25) is 0 Å². The van der Waals surface area contributed by atoms with Gasteiger partial charge in [-0.05, 0) is 37.0 Å². The van der Waals surface area contributed by atoms with Crippen molar-refractivity contribution < 1.29 is 9.13 Å². The minimum Gasteiger partial charge on any atom is -0.381 e. The van der Waals surface area contributed by atoms with Gasteiger partial charge in [0.1, 0.15) is 5.82 Å². The van der Waals surface area contributed by atoms with Crippen LogP contribution in [0.3, 0.4) is 0 Å². The van der Waals surface area contributed by atoms with E-state index in [1.807, 2.05) is 13.0 Å². The largest absolute Gasteiger partial charge is 0.381 e. The van der Waals surface area contributed by atoms with Crippen LogP contribution in [0, 0.1) is 11.7 Å². The molecule has 0 saturated heterocycles. The number of rotatable bonds is 9. The molecule has 0 heterocycles. The normalized spacial score (nSPS) is 11.8. The second-order valence-corrected chi connectivity index (χ2v) is 5.57. The number of guanidine groups is 1. The van der Waals surface area contributed by atoms with Crippen LogP contribution in [0.25, 0.3) is 0 Å². The zero-order valence-electron chi connectivity index (χ0n) is 13.9. The summed E-state index contributed by atoms with van der Waals surface area (Å²) in [7, 11) is 0. The molecule has 1 aromatic rings. The van der Waals surface area contributed by atoms with E-state index in [0.29, 0.717) is 12.5 Å². The molecular weight excluding hydrogens is 281 g/mol. The molecule has 0 fully saturated rings.